The van der Waals surface area contributed by atoms with Crippen LogP contribution in [-0.4, -0.2) is 5.78 Å². The largest absolute Gasteiger partial charge is 0.294 e. The number of hydrogen-bond acceptors (Lipinski definition) is 1. The van der Waals surface area contributed by atoms with Gasteiger partial charge in [0.25, 0.3) is 0 Å². The Bertz CT molecular complexity index is 464. The average Bonchev–Trinajstić information content (AvgIpc) is 2.33. The SMILES string of the molecule is C=C1/C=C\C=C/CC(=O)c2ccccc21. The molecular weight excluding hydrogens is 184 g/mol. The molecule has 1 aromatic carbocycles. The van der Waals surface area contributed by atoms with Crippen LogP contribution >= 0.6 is 0 Å². The number of carbonyl (C=O) groups excluding carboxylic acids is 1. The summed E-state index contributed by atoms with van der Waals surface area (Å²) in [5, 5.41) is 0. The van der Waals surface area contributed by atoms with Gasteiger partial charge in [0.05, 0.1) is 0 Å². The maximum atomic E-state index is 11.8. The fraction of sp³-hybridized carbons (Fsp3) is 0.0714. The van der Waals surface area contributed by atoms with Crippen molar-refractivity contribution < 1.29 is 4.79 Å². The number of ketones is 1. The standard InChI is InChI=1S/C14H12O/c1-11-7-3-2-4-10-14(15)13-9-6-5-8-12(11)13/h2-9H,1,10H2/b4-2-,7-3-. The number of benzene rings is 1. The minimum absolute atomic E-state index is 0.145. The molecule has 0 aromatic heterocycles. The van der Waals surface area contributed by atoms with Crippen molar-refractivity contribution in [3.63, 3.8) is 0 Å². The second-order valence-electron chi connectivity index (χ2n) is 3.49. The lowest BCUT2D eigenvalue weighted by atomic mass is 9.97. The Kier molecular flexibility index (Phi) is 2.64. The van der Waals surface area contributed by atoms with Gasteiger partial charge in [0.15, 0.2) is 5.78 Å². The minimum atomic E-state index is 0.145. The molecule has 0 amide bonds. The quantitative estimate of drug-likeness (QED) is 0.621. The smallest absolute Gasteiger partial charge is 0.167 e. The third-order valence-corrected chi connectivity index (χ3v) is 2.42. The van der Waals surface area contributed by atoms with Crippen molar-refractivity contribution in [2.75, 3.05) is 0 Å². The maximum Gasteiger partial charge on any atom is 0.167 e. The van der Waals surface area contributed by atoms with E-state index in [0.717, 1.165) is 16.7 Å². The van der Waals surface area contributed by atoms with Crippen LogP contribution in [0.1, 0.15) is 22.3 Å². The Balaban J connectivity index is 2.57. The van der Waals surface area contributed by atoms with Crippen LogP contribution in [0.4, 0.5) is 0 Å². The Labute approximate surface area is 89.4 Å². The molecule has 0 aliphatic heterocycles. The monoisotopic (exact) mass is 196 g/mol. The fourth-order valence-electron chi connectivity index (χ4n) is 1.63. The van der Waals surface area contributed by atoms with E-state index in [0.29, 0.717) is 6.42 Å². The van der Waals surface area contributed by atoms with E-state index in [1.54, 1.807) is 0 Å². The number of rotatable bonds is 0. The lowest BCUT2D eigenvalue weighted by molar-refractivity contribution is 0.0995. The van der Waals surface area contributed by atoms with E-state index >= 15 is 0 Å². The number of carbonyl (C=O) groups is 1. The predicted octanol–water partition coefficient (Wildman–Crippen LogP) is 3.40. The Morgan fingerprint density at radius 2 is 1.80 bits per heavy atom. The van der Waals surface area contributed by atoms with Gasteiger partial charge in [-0.3, -0.25) is 4.79 Å². The zero-order chi connectivity index (χ0) is 10.7. The predicted molar refractivity (Wildman–Crippen MR) is 62.7 cm³/mol. The van der Waals surface area contributed by atoms with Crippen LogP contribution in [0.25, 0.3) is 5.57 Å². The number of Topliss-reactive ketones (excluding diaryl/α,β-unsaturated/α-hetero) is 1. The molecule has 0 atom stereocenters. The topological polar surface area (TPSA) is 17.1 Å². The molecule has 0 unspecified atom stereocenters. The zero-order valence-electron chi connectivity index (χ0n) is 8.44. The summed E-state index contributed by atoms with van der Waals surface area (Å²) < 4.78 is 0. The summed E-state index contributed by atoms with van der Waals surface area (Å²) in [5.41, 5.74) is 2.58. The molecule has 15 heavy (non-hydrogen) atoms. The van der Waals surface area contributed by atoms with Crippen LogP contribution in [0, 0.1) is 0 Å². The maximum absolute atomic E-state index is 11.8. The van der Waals surface area contributed by atoms with Crippen molar-refractivity contribution in [1.82, 2.24) is 0 Å². The van der Waals surface area contributed by atoms with Crippen LogP contribution < -0.4 is 0 Å². The van der Waals surface area contributed by atoms with Gasteiger partial charge in [0, 0.05) is 12.0 Å². The Hall–Kier alpha value is -1.89. The summed E-state index contributed by atoms with van der Waals surface area (Å²) in [6, 6.07) is 7.60. The molecular formula is C14H12O. The first-order chi connectivity index (χ1) is 7.29. The molecule has 0 fully saturated rings. The molecule has 0 N–H and O–H groups in total. The molecule has 0 radical (unpaired) electrons. The Morgan fingerprint density at radius 3 is 2.60 bits per heavy atom. The minimum Gasteiger partial charge on any atom is -0.294 e. The van der Waals surface area contributed by atoms with Gasteiger partial charge in [-0.1, -0.05) is 55.1 Å². The molecule has 0 spiro atoms. The second-order valence-corrected chi connectivity index (χ2v) is 3.49. The zero-order valence-corrected chi connectivity index (χ0v) is 8.44. The molecule has 2 rings (SSSR count). The van der Waals surface area contributed by atoms with E-state index < -0.39 is 0 Å². The highest BCUT2D eigenvalue weighted by molar-refractivity contribution is 6.02. The van der Waals surface area contributed by atoms with Crippen LogP contribution in [0.5, 0.6) is 0 Å². The van der Waals surface area contributed by atoms with Crippen molar-refractivity contribution in [3.05, 3.63) is 66.3 Å². The van der Waals surface area contributed by atoms with Crippen molar-refractivity contribution in [3.8, 4) is 0 Å². The Morgan fingerprint density at radius 1 is 1.07 bits per heavy atom. The fourth-order valence-corrected chi connectivity index (χ4v) is 1.63. The van der Waals surface area contributed by atoms with Gasteiger partial charge < -0.3 is 0 Å². The summed E-state index contributed by atoms with van der Waals surface area (Å²) in [7, 11) is 0. The molecule has 1 nitrogen and oxygen atoms in total. The molecule has 0 saturated heterocycles. The third kappa shape index (κ3) is 1.96. The molecule has 0 saturated carbocycles. The average molecular weight is 196 g/mol. The molecule has 74 valence electrons. The summed E-state index contributed by atoms with van der Waals surface area (Å²) in [5.74, 6) is 0.145. The van der Waals surface area contributed by atoms with Crippen molar-refractivity contribution in [2.45, 2.75) is 6.42 Å². The van der Waals surface area contributed by atoms with Crippen LogP contribution in [-0.2, 0) is 0 Å². The van der Waals surface area contributed by atoms with E-state index in [1.807, 2.05) is 48.6 Å². The van der Waals surface area contributed by atoms with E-state index in [9.17, 15) is 4.79 Å². The summed E-state index contributed by atoms with van der Waals surface area (Å²) >= 11 is 0. The first kappa shape index (κ1) is 9.66. The molecule has 1 aliphatic carbocycles. The normalized spacial score (nSPS) is 19.7. The van der Waals surface area contributed by atoms with Crippen LogP contribution in [0.2, 0.25) is 0 Å². The number of fused-ring (bicyclic) bond motifs is 1. The molecule has 1 aliphatic rings. The molecule has 1 heteroatoms. The molecule has 0 bridgehead atoms. The number of hydrogen-bond donors (Lipinski definition) is 0. The van der Waals surface area contributed by atoms with E-state index in [1.165, 1.54) is 0 Å². The van der Waals surface area contributed by atoms with E-state index in [4.69, 9.17) is 0 Å². The van der Waals surface area contributed by atoms with Gasteiger partial charge in [-0.15, -0.1) is 0 Å². The highest BCUT2D eigenvalue weighted by Gasteiger charge is 2.10. The summed E-state index contributed by atoms with van der Waals surface area (Å²) in [6.07, 6.45) is 8.05. The third-order valence-electron chi connectivity index (χ3n) is 2.42. The second kappa shape index (κ2) is 4.09. The highest BCUT2D eigenvalue weighted by atomic mass is 16.1. The van der Waals surface area contributed by atoms with Crippen molar-refractivity contribution >= 4 is 11.4 Å². The highest BCUT2D eigenvalue weighted by Crippen LogP contribution is 2.21. The van der Waals surface area contributed by atoms with Crippen LogP contribution in [0.3, 0.4) is 0 Å². The summed E-state index contributed by atoms with van der Waals surface area (Å²) in [6.45, 7) is 3.96. The lowest BCUT2D eigenvalue weighted by Crippen LogP contribution is -2.00. The molecule has 1 aromatic rings. The molecule has 0 heterocycles. The van der Waals surface area contributed by atoms with Gasteiger partial charge in [0.1, 0.15) is 0 Å². The van der Waals surface area contributed by atoms with Gasteiger partial charge in [-0.05, 0) is 11.1 Å². The van der Waals surface area contributed by atoms with Gasteiger partial charge in [0.2, 0.25) is 0 Å². The van der Waals surface area contributed by atoms with Gasteiger partial charge in [-0.2, -0.15) is 0 Å². The first-order valence-electron chi connectivity index (χ1n) is 4.94. The first-order valence-corrected chi connectivity index (χ1v) is 4.94. The number of allylic oxidation sites excluding steroid dienone is 5. The van der Waals surface area contributed by atoms with E-state index in [-0.39, 0.29) is 5.78 Å². The lowest BCUT2D eigenvalue weighted by Gasteiger charge is -2.06. The van der Waals surface area contributed by atoms with Gasteiger partial charge >= 0.3 is 0 Å². The van der Waals surface area contributed by atoms with Crippen LogP contribution in [0.15, 0.2) is 55.1 Å². The van der Waals surface area contributed by atoms with Crippen molar-refractivity contribution in [1.29, 1.82) is 0 Å². The van der Waals surface area contributed by atoms with Gasteiger partial charge in [-0.25, -0.2) is 0 Å². The summed E-state index contributed by atoms with van der Waals surface area (Å²) in [4.78, 5) is 11.8. The van der Waals surface area contributed by atoms with Crippen molar-refractivity contribution in [2.24, 2.45) is 0 Å². The van der Waals surface area contributed by atoms with E-state index in [2.05, 4.69) is 6.58 Å².